The van der Waals surface area contributed by atoms with E-state index in [1.807, 2.05) is 19.1 Å². The number of carbonyl (C=O) groups excluding carboxylic acids is 1. The van der Waals surface area contributed by atoms with Gasteiger partial charge in [-0.1, -0.05) is 36.2 Å². The Hall–Kier alpha value is -1.89. The van der Waals surface area contributed by atoms with Gasteiger partial charge < -0.3 is 5.32 Å². The van der Waals surface area contributed by atoms with E-state index in [9.17, 15) is 13.2 Å². The van der Waals surface area contributed by atoms with Gasteiger partial charge in [0.05, 0.1) is 4.90 Å². The average molecular weight is 367 g/mol. The molecule has 2 aromatic rings. The van der Waals surface area contributed by atoms with Crippen LogP contribution in [-0.2, 0) is 14.8 Å². The van der Waals surface area contributed by atoms with Crippen molar-refractivity contribution in [2.75, 3.05) is 5.32 Å². The molecular formula is C17H19ClN2O3S. The van der Waals surface area contributed by atoms with Crippen molar-refractivity contribution in [1.29, 1.82) is 0 Å². The average Bonchev–Trinajstić information content (AvgIpc) is 2.55. The van der Waals surface area contributed by atoms with Gasteiger partial charge in [-0.15, -0.1) is 0 Å². The molecule has 7 heteroatoms. The van der Waals surface area contributed by atoms with Gasteiger partial charge in [-0.25, -0.2) is 8.42 Å². The van der Waals surface area contributed by atoms with Gasteiger partial charge in [0, 0.05) is 10.7 Å². The normalized spacial score (nSPS) is 12.6. The second kappa shape index (κ2) is 7.79. The molecule has 0 aliphatic rings. The van der Waals surface area contributed by atoms with Crippen molar-refractivity contribution in [3.8, 4) is 0 Å². The minimum Gasteiger partial charge on any atom is -0.325 e. The van der Waals surface area contributed by atoms with Crippen LogP contribution in [0.3, 0.4) is 0 Å². The molecular weight excluding hydrogens is 348 g/mol. The van der Waals surface area contributed by atoms with Gasteiger partial charge in [0.25, 0.3) is 0 Å². The molecule has 0 aliphatic carbocycles. The first-order chi connectivity index (χ1) is 11.3. The van der Waals surface area contributed by atoms with Gasteiger partial charge in [-0.05, 0) is 49.7 Å². The van der Waals surface area contributed by atoms with Gasteiger partial charge >= 0.3 is 0 Å². The van der Waals surface area contributed by atoms with Crippen molar-refractivity contribution in [3.63, 3.8) is 0 Å². The number of halogens is 1. The van der Waals surface area contributed by atoms with E-state index in [1.165, 1.54) is 24.3 Å². The van der Waals surface area contributed by atoms with E-state index >= 15 is 0 Å². The Balaban J connectivity index is 2.11. The van der Waals surface area contributed by atoms with E-state index in [4.69, 9.17) is 11.6 Å². The third-order valence-corrected chi connectivity index (χ3v) is 5.20. The third-order valence-electron chi connectivity index (χ3n) is 3.47. The molecule has 0 aromatic heterocycles. The second-order valence-corrected chi connectivity index (χ2v) is 7.54. The highest BCUT2D eigenvalue weighted by molar-refractivity contribution is 7.89. The van der Waals surface area contributed by atoms with Crippen molar-refractivity contribution in [1.82, 2.24) is 4.72 Å². The lowest BCUT2D eigenvalue weighted by atomic mass is 10.2. The third kappa shape index (κ3) is 4.80. The van der Waals surface area contributed by atoms with Crippen LogP contribution in [0.15, 0.2) is 53.4 Å². The van der Waals surface area contributed by atoms with Crippen molar-refractivity contribution in [2.24, 2.45) is 0 Å². The molecule has 0 heterocycles. The van der Waals surface area contributed by atoms with Crippen molar-refractivity contribution < 1.29 is 13.2 Å². The Morgan fingerprint density at radius 1 is 1.08 bits per heavy atom. The Labute approximate surface area is 147 Å². The predicted octanol–water partition coefficient (Wildman–Crippen LogP) is 3.34. The van der Waals surface area contributed by atoms with Gasteiger partial charge in [0.1, 0.15) is 6.04 Å². The molecule has 1 amide bonds. The number of nitrogens with one attached hydrogen (secondary N) is 2. The summed E-state index contributed by atoms with van der Waals surface area (Å²) in [6.45, 7) is 3.68. The number of sulfonamides is 1. The van der Waals surface area contributed by atoms with Crippen LogP contribution < -0.4 is 10.0 Å². The van der Waals surface area contributed by atoms with Crippen LogP contribution in [0.2, 0.25) is 5.02 Å². The highest BCUT2D eigenvalue weighted by Gasteiger charge is 2.24. The van der Waals surface area contributed by atoms with Crippen molar-refractivity contribution >= 4 is 33.2 Å². The molecule has 0 fully saturated rings. The first kappa shape index (κ1) is 18.4. The predicted molar refractivity (Wildman–Crippen MR) is 95.7 cm³/mol. The lowest BCUT2D eigenvalue weighted by Crippen LogP contribution is -2.43. The number of hydrogen-bond acceptors (Lipinski definition) is 3. The quantitative estimate of drug-likeness (QED) is 0.823. The van der Waals surface area contributed by atoms with Gasteiger partial charge in [-0.2, -0.15) is 4.72 Å². The fourth-order valence-corrected chi connectivity index (χ4v) is 3.46. The highest BCUT2D eigenvalue weighted by Crippen LogP contribution is 2.15. The van der Waals surface area contributed by atoms with Crippen LogP contribution in [0.5, 0.6) is 0 Å². The summed E-state index contributed by atoms with van der Waals surface area (Å²) >= 11 is 5.77. The summed E-state index contributed by atoms with van der Waals surface area (Å²) in [5.74, 6) is -0.404. The van der Waals surface area contributed by atoms with Gasteiger partial charge in [0.2, 0.25) is 15.9 Å². The SMILES string of the molecule is CCC(NS(=O)(=O)c1ccc(Cl)cc1)C(=O)Nc1ccc(C)cc1. The summed E-state index contributed by atoms with van der Waals surface area (Å²) in [4.78, 5) is 12.4. The molecule has 0 saturated carbocycles. The Morgan fingerprint density at radius 3 is 2.21 bits per heavy atom. The summed E-state index contributed by atoms with van der Waals surface area (Å²) in [5.41, 5.74) is 1.69. The van der Waals surface area contributed by atoms with E-state index in [0.29, 0.717) is 17.1 Å². The van der Waals surface area contributed by atoms with Crippen LogP contribution in [-0.4, -0.2) is 20.4 Å². The summed E-state index contributed by atoms with van der Waals surface area (Å²) in [6, 6.07) is 12.2. The largest absolute Gasteiger partial charge is 0.325 e. The fourth-order valence-electron chi connectivity index (χ4n) is 2.06. The summed E-state index contributed by atoms with van der Waals surface area (Å²) < 4.78 is 27.2. The number of carbonyl (C=O) groups is 1. The van der Waals surface area contributed by atoms with Crippen molar-refractivity contribution in [2.45, 2.75) is 31.2 Å². The summed E-state index contributed by atoms with van der Waals surface area (Å²) in [5, 5.41) is 3.16. The van der Waals surface area contributed by atoms with Crippen LogP contribution in [0, 0.1) is 6.92 Å². The lowest BCUT2D eigenvalue weighted by Gasteiger charge is -2.17. The number of benzene rings is 2. The van der Waals surface area contributed by atoms with E-state index in [0.717, 1.165) is 5.56 Å². The molecule has 0 aliphatic heterocycles. The molecule has 128 valence electrons. The molecule has 0 saturated heterocycles. The van der Waals surface area contributed by atoms with Crippen LogP contribution in [0.1, 0.15) is 18.9 Å². The Morgan fingerprint density at radius 2 is 1.67 bits per heavy atom. The van der Waals surface area contributed by atoms with Crippen molar-refractivity contribution in [3.05, 3.63) is 59.1 Å². The van der Waals surface area contributed by atoms with E-state index < -0.39 is 22.0 Å². The van der Waals surface area contributed by atoms with Crippen LogP contribution >= 0.6 is 11.6 Å². The van der Waals surface area contributed by atoms with Gasteiger partial charge in [-0.3, -0.25) is 4.79 Å². The first-order valence-corrected chi connectivity index (χ1v) is 9.33. The standard InChI is InChI=1S/C17H19ClN2O3S/c1-3-16(17(21)19-14-8-4-12(2)5-9-14)20-24(22,23)15-10-6-13(18)7-11-15/h4-11,16,20H,3H2,1-2H3,(H,19,21). The molecule has 5 nitrogen and oxygen atoms in total. The smallest absolute Gasteiger partial charge is 0.242 e. The molecule has 1 unspecified atom stereocenters. The highest BCUT2D eigenvalue weighted by atomic mass is 35.5. The summed E-state index contributed by atoms with van der Waals surface area (Å²) in [7, 11) is -3.80. The van der Waals surface area contributed by atoms with Crippen LogP contribution in [0.25, 0.3) is 0 Å². The molecule has 2 rings (SSSR count). The second-order valence-electron chi connectivity index (χ2n) is 5.39. The Kier molecular flexibility index (Phi) is 5.99. The molecule has 0 radical (unpaired) electrons. The molecule has 0 bridgehead atoms. The Bertz CT molecular complexity index is 803. The number of amides is 1. The number of rotatable bonds is 6. The van der Waals surface area contributed by atoms with E-state index in [1.54, 1.807) is 19.1 Å². The molecule has 2 N–H and O–H groups in total. The molecule has 0 spiro atoms. The number of anilines is 1. The minimum atomic E-state index is -3.80. The summed E-state index contributed by atoms with van der Waals surface area (Å²) in [6.07, 6.45) is 0.324. The zero-order chi connectivity index (χ0) is 17.7. The molecule has 2 aromatic carbocycles. The first-order valence-electron chi connectivity index (χ1n) is 7.47. The molecule has 1 atom stereocenters. The zero-order valence-electron chi connectivity index (χ0n) is 13.4. The number of hydrogen-bond donors (Lipinski definition) is 2. The monoisotopic (exact) mass is 366 g/mol. The van der Waals surface area contributed by atoms with Gasteiger partial charge in [0.15, 0.2) is 0 Å². The topological polar surface area (TPSA) is 75.3 Å². The van der Waals surface area contributed by atoms with E-state index in [-0.39, 0.29) is 4.90 Å². The maximum Gasteiger partial charge on any atom is 0.242 e. The number of aryl methyl sites for hydroxylation is 1. The zero-order valence-corrected chi connectivity index (χ0v) is 15.0. The molecule has 24 heavy (non-hydrogen) atoms. The fraction of sp³-hybridized carbons (Fsp3) is 0.235. The minimum absolute atomic E-state index is 0.0634. The maximum absolute atomic E-state index is 12.4. The maximum atomic E-state index is 12.4. The lowest BCUT2D eigenvalue weighted by molar-refractivity contribution is -0.117. The van der Waals surface area contributed by atoms with E-state index in [2.05, 4.69) is 10.0 Å². The van der Waals surface area contributed by atoms with Crippen LogP contribution in [0.4, 0.5) is 5.69 Å².